The first-order chi connectivity index (χ1) is 24.6. The Bertz CT molecular complexity index is 2070. The average molecular weight is 673 g/mol. The van der Waals surface area contributed by atoms with E-state index in [2.05, 4.69) is 126 Å². The standard InChI is InChI=1S/C47H48N2O2/c1-7-31-25-35(48)19-23-43(31)50-45-21-17-33(27-39(45)29(3)4)47(41-15-11-9-13-37(41)38-14-10-12-16-42(38)47)34-18-22-46(40(28-34)30(5)6)51-44-24-20-36(49)26-32(44)8-2/h9-30H,7-8,48-49H2,1-6H3. The number of ether oxygens (including phenoxy) is 2. The number of hydrogen-bond acceptors (Lipinski definition) is 4. The van der Waals surface area contributed by atoms with Crippen LogP contribution in [0.4, 0.5) is 11.4 Å². The van der Waals surface area contributed by atoms with Crippen molar-refractivity contribution >= 4 is 11.4 Å². The van der Waals surface area contributed by atoms with Crippen LogP contribution in [0.2, 0.25) is 0 Å². The number of nitrogens with two attached hydrogens (primary N) is 2. The molecule has 0 spiro atoms. The van der Waals surface area contributed by atoms with Crippen molar-refractivity contribution < 1.29 is 9.47 Å². The SMILES string of the molecule is CCc1cc(N)ccc1Oc1ccc(C2(c3ccc(Oc4ccc(N)cc4CC)c(C(C)C)c3)c3ccccc3-c3ccccc32)cc1C(C)C. The molecule has 0 radical (unpaired) electrons. The van der Waals surface area contributed by atoms with Crippen molar-refractivity contribution in [3.8, 4) is 34.1 Å². The molecule has 6 aromatic rings. The summed E-state index contributed by atoms with van der Waals surface area (Å²) in [5.74, 6) is 3.86. The van der Waals surface area contributed by atoms with E-state index >= 15 is 0 Å². The van der Waals surface area contributed by atoms with E-state index < -0.39 is 5.41 Å². The zero-order valence-corrected chi connectivity index (χ0v) is 30.6. The number of nitrogen functional groups attached to an aromatic ring is 2. The van der Waals surface area contributed by atoms with Crippen molar-refractivity contribution in [3.05, 3.63) is 166 Å². The lowest BCUT2D eigenvalue weighted by Crippen LogP contribution is -2.29. The third-order valence-electron chi connectivity index (χ3n) is 10.5. The molecule has 0 atom stereocenters. The Morgan fingerprint density at radius 2 is 0.882 bits per heavy atom. The first-order valence-electron chi connectivity index (χ1n) is 18.3. The summed E-state index contributed by atoms with van der Waals surface area (Å²) < 4.78 is 13.4. The van der Waals surface area contributed by atoms with E-state index in [4.69, 9.17) is 20.9 Å². The zero-order chi connectivity index (χ0) is 35.9. The van der Waals surface area contributed by atoms with Crippen LogP contribution in [-0.2, 0) is 18.3 Å². The summed E-state index contributed by atoms with van der Waals surface area (Å²) in [6.07, 6.45) is 1.67. The average Bonchev–Trinajstić information content (AvgIpc) is 3.44. The van der Waals surface area contributed by atoms with E-state index in [1.54, 1.807) is 0 Å². The third kappa shape index (κ3) is 5.93. The summed E-state index contributed by atoms with van der Waals surface area (Å²) in [6.45, 7) is 13.2. The van der Waals surface area contributed by atoms with Gasteiger partial charge in [0.1, 0.15) is 23.0 Å². The fraction of sp³-hybridized carbons (Fsp3) is 0.234. The van der Waals surface area contributed by atoms with Crippen LogP contribution in [0.1, 0.15) is 97.9 Å². The lowest BCUT2D eigenvalue weighted by Gasteiger charge is -2.35. The Kier molecular flexibility index (Phi) is 9.12. The van der Waals surface area contributed by atoms with Crippen LogP contribution < -0.4 is 20.9 Å². The highest BCUT2D eigenvalue weighted by atomic mass is 16.5. The molecule has 4 N–H and O–H groups in total. The van der Waals surface area contributed by atoms with Crippen LogP contribution >= 0.6 is 0 Å². The van der Waals surface area contributed by atoms with Gasteiger partial charge in [-0.05, 0) is 129 Å². The quantitative estimate of drug-likeness (QED) is 0.142. The minimum Gasteiger partial charge on any atom is -0.457 e. The molecule has 0 amide bonds. The summed E-state index contributed by atoms with van der Waals surface area (Å²) in [5.41, 5.74) is 25.2. The van der Waals surface area contributed by atoms with Gasteiger partial charge in [-0.2, -0.15) is 0 Å². The molecule has 0 fully saturated rings. The minimum atomic E-state index is -0.566. The van der Waals surface area contributed by atoms with Gasteiger partial charge in [-0.15, -0.1) is 0 Å². The summed E-state index contributed by atoms with van der Waals surface area (Å²) in [4.78, 5) is 0. The van der Waals surface area contributed by atoms with Crippen molar-refractivity contribution in [2.75, 3.05) is 11.5 Å². The molecule has 0 saturated heterocycles. The largest absolute Gasteiger partial charge is 0.457 e. The Hall–Kier alpha value is -5.48. The van der Waals surface area contributed by atoms with E-state index in [0.717, 1.165) is 69.5 Å². The molecule has 1 aliphatic carbocycles. The highest BCUT2D eigenvalue weighted by Gasteiger charge is 2.46. The van der Waals surface area contributed by atoms with E-state index in [9.17, 15) is 0 Å². The first kappa shape index (κ1) is 34.0. The van der Waals surface area contributed by atoms with Crippen LogP contribution in [-0.4, -0.2) is 0 Å². The van der Waals surface area contributed by atoms with Gasteiger partial charge in [0.25, 0.3) is 0 Å². The summed E-state index contributed by atoms with van der Waals surface area (Å²) in [6, 6.07) is 43.2. The molecule has 258 valence electrons. The molecule has 0 aliphatic heterocycles. The zero-order valence-electron chi connectivity index (χ0n) is 30.6. The number of benzene rings is 6. The molecule has 0 unspecified atom stereocenters. The fourth-order valence-corrected chi connectivity index (χ4v) is 7.86. The Morgan fingerprint density at radius 1 is 0.490 bits per heavy atom. The van der Waals surface area contributed by atoms with Gasteiger partial charge in [0.05, 0.1) is 5.41 Å². The molecule has 6 aromatic carbocycles. The third-order valence-corrected chi connectivity index (χ3v) is 10.5. The molecule has 0 heterocycles. The van der Waals surface area contributed by atoms with Gasteiger partial charge in [-0.3, -0.25) is 0 Å². The van der Waals surface area contributed by atoms with Crippen molar-refractivity contribution in [2.45, 2.75) is 71.6 Å². The van der Waals surface area contributed by atoms with Crippen molar-refractivity contribution in [1.82, 2.24) is 0 Å². The number of rotatable bonds is 10. The second-order valence-corrected chi connectivity index (χ2v) is 14.3. The van der Waals surface area contributed by atoms with Gasteiger partial charge in [-0.1, -0.05) is 114 Å². The second-order valence-electron chi connectivity index (χ2n) is 14.3. The minimum absolute atomic E-state index is 0.220. The lowest BCUT2D eigenvalue weighted by molar-refractivity contribution is 0.466. The second kappa shape index (κ2) is 13.7. The Morgan fingerprint density at radius 3 is 1.27 bits per heavy atom. The van der Waals surface area contributed by atoms with Crippen molar-refractivity contribution in [1.29, 1.82) is 0 Å². The predicted molar refractivity (Wildman–Crippen MR) is 213 cm³/mol. The van der Waals surface area contributed by atoms with Crippen LogP contribution in [0.25, 0.3) is 11.1 Å². The number of aryl methyl sites for hydroxylation is 2. The topological polar surface area (TPSA) is 70.5 Å². The molecular weight excluding hydrogens is 625 g/mol. The first-order valence-corrected chi connectivity index (χ1v) is 18.3. The fourth-order valence-electron chi connectivity index (χ4n) is 7.86. The van der Waals surface area contributed by atoms with Gasteiger partial charge in [0.2, 0.25) is 0 Å². The van der Waals surface area contributed by atoms with Crippen molar-refractivity contribution in [3.63, 3.8) is 0 Å². The maximum atomic E-state index is 6.71. The van der Waals surface area contributed by atoms with E-state index in [1.165, 1.54) is 33.4 Å². The van der Waals surface area contributed by atoms with Crippen LogP contribution in [0.15, 0.2) is 121 Å². The predicted octanol–water partition coefficient (Wildman–Crippen LogP) is 12.2. The molecular formula is C47H48N2O2. The number of hydrogen-bond donors (Lipinski definition) is 2. The molecule has 4 heteroatoms. The molecule has 1 aliphatic rings. The van der Waals surface area contributed by atoms with Gasteiger partial charge >= 0.3 is 0 Å². The van der Waals surface area contributed by atoms with E-state index in [-0.39, 0.29) is 11.8 Å². The number of fused-ring (bicyclic) bond motifs is 3. The molecule has 0 bridgehead atoms. The molecule has 51 heavy (non-hydrogen) atoms. The molecule has 4 nitrogen and oxygen atoms in total. The number of anilines is 2. The molecule has 0 aromatic heterocycles. The maximum Gasteiger partial charge on any atom is 0.130 e. The van der Waals surface area contributed by atoms with Crippen LogP contribution in [0.3, 0.4) is 0 Å². The van der Waals surface area contributed by atoms with Crippen molar-refractivity contribution in [2.24, 2.45) is 0 Å². The molecule has 0 saturated carbocycles. The highest BCUT2D eigenvalue weighted by molar-refractivity contribution is 5.86. The summed E-state index contributed by atoms with van der Waals surface area (Å²) >= 11 is 0. The van der Waals surface area contributed by atoms with E-state index in [1.807, 2.05) is 36.4 Å². The van der Waals surface area contributed by atoms with Gasteiger partial charge in [-0.25, -0.2) is 0 Å². The van der Waals surface area contributed by atoms with Crippen LogP contribution in [0, 0.1) is 0 Å². The lowest BCUT2D eigenvalue weighted by atomic mass is 9.66. The van der Waals surface area contributed by atoms with Gasteiger partial charge < -0.3 is 20.9 Å². The molecule has 7 rings (SSSR count). The van der Waals surface area contributed by atoms with Gasteiger partial charge in [0, 0.05) is 11.4 Å². The normalized spacial score (nSPS) is 12.9. The van der Waals surface area contributed by atoms with Crippen LogP contribution in [0.5, 0.6) is 23.0 Å². The Labute approximate surface area is 303 Å². The summed E-state index contributed by atoms with van der Waals surface area (Å²) in [7, 11) is 0. The summed E-state index contributed by atoms with van der Waals surface area (Å²) in [5, 5.41) is 0. The monoisotopic (exact) mass is 672 g/mol. The Balaban J connectivity index is 1.45. The maximum absolute atomic E-state index is 6.71. The smallest absolute Gasteiger partial charge is 0.130 e. The van der Waals surface area contributed by atoms with Gasteiger partial charge in [0.15, 0.2) is 0 Å². The highest BCUT2D eigenvalue weighted by Crippen LogP contribution is 2.57. The van der Waals surface area contributed by atoms with E-state index in [0.29, 0.717) is 0 Å².